The molecule has 0 aliphatic carbocycles. The first-order chi connectivity index (χ1) is 7.71. The highest BCUT2D eigenvalue weighted by Crippen LogP contribution is 2.23. The van der Waals surface area contributed by atoms with E-state index in [1.165, 1.54) is 19.1 Å². The standard InChI is InChI=1S/C10H7ClF3NO2/c1-5(16)7-3-2-6(4-8(7)11)15-9(17)10(12,13)14/h2-4H,1H3,(H,15,17). The number of Topliss-reactive ketones (excluding diaryl/α,β-unsaturated/α-hetero) is 1. The van der Waals surface area contributed by atoms with Gasteiger partial charge in [0.25, 0.3) is 0 Å². The van der Waals surface area contributed by atoms with Crippen molar-refractivity contribution < 1.29 is 22.8 Å². The van der Waals surface area contributed by atoms with Gasteiger partial charge in [-0.15, -0.1) is 0 Å². The van der Waals surface area contributed by atoms with Crippen molar-refractivity contribution >= 4 is 29.0 Å². The van der Waals surface area contributed by atoms with Gasteiger partial charge in [-0.25, -0.2) is 0 Å². The monoisotopic (exact) mass is 265 g/mol. The molecule has 0 saturated heterocycles. The molecule has 7 heteroatoms. The fraction of sp³-hybridized carbons (Fsp3) is 0.200. The van der Waals surface area contributed by atoms with Crippen LogP contribution in [0.15, 0.2) is 18.2 Å². The zero-order valence-corrected chi connectivity index (χ0v) is 9.32. The zero-order chi connectivity index (χ0) is 13.2. The molecule has 92 valence electrons. The maximum absolute atomic E-state index is 11.9. The SMILES string of the molecule is CC(=O)c1ccc(NC(=O)C(F)(F)F)cc1Cl. The summed E-state index contributed by atoms with van der Waals surface area (Å²) in [6.07, 6.45) is -4.97. The summed E-state index contributed by atoms with van der Waals surface area (Å²) < 4.78 is 35.8. The highest BCUT2D eigenvalue weighted by Gasteiger charge is 2.38. The van der Waals surface area contributed by atoms with Crippen molar-refractivity contribution in [3.8, 4) is 0 Å². The number of anilines is 1. The Bertz CT molecular complexity index is 471. The third-order valence-corrected chi connectivity index (χ3v) is 2.18. The smallest absolute Gasteiger partial charge is 0.318 e. The van der Waals surface area contributed by atoms with Crippen LogP contribution in [0.4, 0.5) is 18.9 Å². The van der Waals surface area contributed by atoms with Crippen molar-refractivity contribution in [2.75, 3.05) is 5.32 Å². The molecule has 0 aliphatic heterocycles. The Kier molecular flexibility index (Phi) is 3.77. The molecule has 1 aromatic rings. The van der Waals surface area contributed by atoms with E-state index >= 15 is 0 Å². The quantitative estimate of drug-likeness (QED) is 0.836. The lowest BCUT2D eigenvalue weighted by atomic mass is 10.1. The first kappa shape index (κ1) is 13.5. The second-order valence-corrected chi connectivity index (χ2v) is 3.61. The van der Waals surface area contributed by atoms with Crippen molar-refractivity contribution in [1.82, 2.24) is 0 Å². The van der Waals surface area contributed by atoms with Gasteiger partial charge < -0.3 is 5.32 Å². The molecule has 0 aromatic heterocycles. The number of amides is 1. The lowest BCUT2D eigenvalue weighted by molar-refractivity contribution is -0.167. The van der Waals surface area contributed by atoms with Crippen molar-refractivity contribution in [1.29, 1.82) is 0 Å². The molecule has 1 rings (SSSR count). The van der Waals surface area contributed by atoms with Crippen molar-refractivity contribution in [3.63, 3.8) is 0 Å². The largest absolute Gasteiger partial charge is 0.471 e. The first-order valence-electron chi connectivity index (χ1n) is 4.40. The van der Waals surface area contributed by atoms with Crippen LogP contribution in [0, 0.1) is 0 Å². The summed E-state index contributed by atoms with van der Waals surface area (Å²) in [7, 11) is 0. The maximum atomic E-state index is 11.9. The number of carbonyl (C=O) groups is 2. The van der Waals surface area contributed by atoms with Crippen LogP contribution in [0.2, 0.25) is 5.02 Å². The molecule has 3 nitrogen and oxygen atoms in total. The molecule has 0 spiro atoms. The Balaban J connectivity index is 2.92. The molecule has 0 heterocycles. The Labute approximate surface area is 99.6 Å². The van der Waals surface area contributed by atoms with E-state index < -0.39 is 12.1 Å². The fourth-order valence-electron chi connectivity index (χ4n) is 1.08. The fourth-order valence-corrected chi connectivity index (χ4v) is 1.39. The van der Waals surface area contributed by atoms with Gasteiger partial charge in [-0.2, -0.15) is 13.2 Å². The van der Waals surface area contributed by atoms with E-state index in [9.17, 15) is 22.8 Å². The third kappa shape index (κ3) is 3.45. The van der Waals surface area contributed by atoms with E-state index in [2.05, 4.69) is 0 Å². The van der Waals surface area contributed by atoms with Crippen molar-refractivity contribution in [2.24, 2.45) is 0 Å². The minimum atomic E-state index is -4.97. The first-order valence-corrected chi connectivity index (χ1v) is 4.78. The molecule has 0 aliphatic rings. The molecule has 1 aromatic carbocycles. The molecule has 0 atom stereocenters. The highest BCUT2D eigenvalue weighted by molar-refractivity contribution is 6.34. The summed E-state index contributed by atoms with van der Waals surface area (Å²) in [5.74, 6) is -2.41. The number of benzene rings is 1. The molecule has 0 bridgehead atoms. The van der Waals surface area contributed by atoms with Crippen LogP contribution in [-0.4, -0.2) is 17.9 Å². The van der Waals surface area contributed by atoms with Crippen LogP contribution in [0.3, 0.4) is 0 Å². The van der Waals surface area contributed by atoms with E-state index in [0.29, 0.717) is 0 Å². The molecule has 0 unspecified atom stereocenters. The number of ketones is 1. The van der Waals surface area contributed by atoms with E-state index in [1.807, 2.05) is 0 Å². The molecular formula is C10H7ClF3NO2. The van der Waals surface area contributed by atoms with Gasteiger partial charge in [0.15, 0.2) is 5.78 Å². The predicted octanol–water partition coefficient (Wildman–Crippen LogP) is 3.04. The highest BCUT2D eigenvalue weighted by atomic mass is 35.5. The molecule has 0 saturated carbocycles. The Morgan fingerprint density at radius 3 is 2.29 bits per heavy atom. The third-order valence-electron chi connectivity index (χ3n) is 1.86. The number of carbonyl (C=O) groups excluding carboxylic acids is 2. The number of hydrogen-bond donors (Lipinski definition) is 1. The maximum Gasteiger partial charge on any atom is 0.471 e. The Morgan fingerprint density at radius 1 is 1.29 bits per heavy atom. The van der Waals surface area contributed by atoms with Gasteiger partial charge in [0.2, 0.25) is 0 Å². The van der Waals surface area contributed by atoms with Gasteiger partial charge in [0, 0.05) is 11.3 Å². The van der Waals surface area contributed by atoms with Crippen LogP contribution in [0.1, 0.15) is 17.3 Å². The van der Waals surface area contributed by atoms with Gasteiger partial charge >= 0.3 is 12.1 Å². The molecule has 1 N–H and O–H groups in total. The summed E-state index contributed by atoms with van der Waals surface area (Å²) in [6, 6.07) is 3.50. The molecule has 0 fully saturated rings. The number of alkyl halides is 3. The topological polar surface area (TPSA) is 46.2 Å². The molecular weight excluding hydrogens is 259 g/mol. The van der Waals surface area contributed by atoms with E-state index in [1.54, 1.807) is 5.32 Å². The summed E-state index contributed by atoms with van der Waals surface area (Å²) in [5.41, 5.74) is 0.0546. The lowest BCUT2D eigenvalue weighted by Gasteiger charge is -2.09. The summed E-state index contributed by atoms with van der Waals surface area (Å²) in [4.78, 5) is 21.6. The zero-order valence-electron chi connectivity index (χ0n) is 8.56. The minimum absolute atomic E-state index is 0.0162. The van der Waals surface area contributed by atoms with Crippen molar-refractivity contribution in [2.45, 2.75) is 13.1 Å². The summed E-state index contributed by atoms with van der Waals surface area (Å²) in [6.45, 7) is 1.27. The normalized spacial score (nSPS) is 11.1. The van der Waals surface area contributed by atoms with Gasteiger partial charge in [0.1, 0.15) is 0 Å². The number of nitrogens with one attached hydrogen (secondary N) is 1. The number of hydrogen-bond acceptors (Lipinski definition) is 2. The van der Waals surface area contributed by atoms with Gasteiger partial charge in [-0.1, -0.05) is 11.6 Å². The Hall–Kier alpha value is -1.56. The average Bonchev–Trinajstić information content (AvgIpc) is 2.15. The average molecular weight is 266 g/mol. The van der Waals surface area contributed by atoms with Crippen LogP contribution in [0.25, 0.3) is 0 Å². The summed E-state index contributed by atoms with van der Waals surface area (Å²) >= 11 is 5.67. The molecule has 1 amide bonds. The minimum Gasteiger partial charge on any atom is -0.318 e. The molecule has 0 radical (unpaired) electrons. The summed E-state index contributed by atoms with van der Waals surface area (Å²) in [5, 5.41) is 1.61. The molecule has 17 heavy (non-hydrogen) atoms. The van der Waals surface area contributed by atoms with Crippen LogP contribution >= 0.6 is 11.6 Å². The van der Waals surface area contributed by atoms with Gasteiger partial charge in [-0.05, 0) is 25.1 Å². The van der Waals surface area contributed by atoms with Crippen LogP contribution < -0.4 is 5.32 Å². The van der Waals surface area contributed by atoms with Crippen LogP contribution in [0.5, 0.6) is 0 Å². The van der Waals surface area contributed by atoms with E-state index in [-0.39, 0.29) is 22.1 Å². The van der Waals surface area contributed by atoms with E-state index in [0.717, 1.165) is 6.07 Å². The number of rotatable bonds is 2. The van der Waals surface area contributed by atoms with E-state index in [4.69, 9.17) is 11.6 Å². The van der Waals surface area contributed by atoms with Crippen molar-refractivity contribution in [3.05, 3.63) is 28.8 Å². The predicted molar refractivity (Wildman–Crippen MR) is 56.1 cm³/mol. The van der Waals surface area contributed by atoms with Gasteiger partial charge in [-0.3, -0.25) is 9.59 Å². The Morgan fingerprint density at radius 2 is 1.88 bits per heavy atom. The second kappa shape index (κ2) is 4.75. The number of halogens is 4. The second-order valence-electron chi connectivity index (χ2n) is 3.20. The van der Waals surface area contributed by atoms with Crippen LogP contribution in [-0.2, 0) is 4.79 Å². The van der Waals surface area contributed by atoms with Gasteiger partial charge in [0.05, 0.1) is 5.02 Å². The lowest BCUT2D eigenvalue weighted by Crippen LogP contribution is -2.29.